The van der Waals surface area contributed by atoms with Crippen LogP contribution < -0.4 is 9.86 Å². The van der Waals surface area contributed by atoms with Crippen LogP contribution in [-0.4, -0.2) is 20.1 Å². The van der Waals surface area contributed by atoms with Gasteiger partial charge in [-0.25, -0.2) is 5.14 Å². The molecule has 5 nitrogen and oxygen atoms in total. The Bertz CT molecular complexity index is 541. The third-order valence-corrected chi connectivity index (χ3v) is 2.29. The van der Waals surface area contributed by atoms with E-state index in [1.165, 1.54) is 0 Å². The molecule has 0 aliphatic heterocycles. The molecule has 0 spiro atoms. The first kappa shape index (κ1) is 12.5. The zero-order valence-corrected chi connectivity index (χ0v) is 9.50. The van der Waals surface area contributed by atoms with Gasteiger partial charge in [-0.3, -0.25) is 4.72 Å². The lowest BCUT2D eigenvalue weighted by atomic mass is 10.1. The van der Waals surface area contributed by atoms with Crippen molar-refractivity contribution in [3.63, 3.8) is 0 Å². The van der Waals surface area contributed by atoms with Crippen LogP contribution in [0, 0.1) is 18.8 Å². The van der Waals surface area contributed by atoms with Crippen molar-refractivity contribution in [2.45, 2.75) is 6.92 Å². The first-order valence-electron chi connectivity index (χ1n) is 4.43. The second-order valence-corrected chi connectivity index (χ2v) is 4.43. The number of nitrogens with two attached hydrogens (primary N) is 1. The minimum Gasteiger partial charge on any atom is -0.384 e. The second-order valence-electron chi connectivity index (χ2n) is 3.14. The Morgan fingerprint density at radius 1 is 1.50 bits per heavy atom. The van der Waals surface area contributed by atoms with Crippen molar-refractivity contribution in [3.8, 4) is 11.8 Å². The lowest BCUT2D eigenvalue weighted by Gasteiger charge is -2.07. The van der Waals surface area contributed by atoms with Crippen LogP contribution >= 0.6 is 0 Å². The summed E-state index contributed by atoms with van der Waals surface area (Å²) in [5, 5.41) is 13.4. The third kappa shape index (κ3) is 3.90. The monoisotopic (exact) mass is 240 g/mol. The molecule has 16 heavy (non-hydrogen) atoms. The average molecular weight is 240 g/mol. The van der Waals surface area contributed by atoms with Gasteiger partial charge in [0, 0.05) is 5.56 Å². The molecule has 0 amide bonds. The maximum absolute atomic E-state index is 10.8. The zero-order valence-electron chi connectivity index (χ0n) is 8.69. The van der Waals surface area contributed by atoms with Gasteiger partial charge >= 0.3 is 0 Å². The van der Waals surface area contributed by atoms with Crippen LogP contribution in [0.25, 0.3) is 0 Å². The molecule has 1 rings (SSSR count). The van der Waals surface area contributed by atoms with Gasteiger partial charge in [-0.15, -0.1) is 0 Å². The normalized spacial score (nSPS) is 10.4. The van der Waals surface area contributed by atoms with Gasteiger partial charge in [-0.1, -0.05) is 11.8 Å². The Kier molecular flexibility index (Phi) is 3.90. The molecule has 0 bridgehead atoms. The molecule has 0 fully saturated rings. The van der Waals surface area contributed by atoms with E-state index in [2.05, 4.69) is 16.6 Å². The number of nitrogens with one attached hydrogen (secondary N) is 1. The first-order valence-corrected chi connectivity index (χ1v) is 5.98. The number of aliphatic hydroxyl groups excluding tert-OH is 1. The quantitative estimate of drug-likeness (QED) is 0.633. The molecule has 0 radical (unpaired) electrons. The van der Waals surface area contributed by atoms with Crippen molar-refractivity contribution >= 4 is 15.9 Å². The van der Waals surface area contributed by atoms with Crippen LogP contribution in [0.5, 0.6) is 0 Å². The van der Waals surface area contributed by atoms with Gasteiger partial charge in [0.25, 0.3) is 10.2 Å². The van der Waals surface area contributed by atoms with Crippen LogP contribution in [0.15, 0.2) is 18.2 Å². The largest absolute Gasteiger partial charge is 0.384 e. The highest BCUT2D eigenvalue weighted by atomic mass is 32.2. The second kappa shape index (κ2) is 4.99. The molecule has 0 aliphatic rings. The van der Waals surface area contributed by atoms with Crippen molar-refractivity contribution in [3.05, 3.63) is 29.3 Å². The molecule has 1 aromatic carbocycles. The molecule has 0 aromatic heterocycles. The summed E-state index contributed by atoms with van der Waals surface area (Å²) >= 11 is 0. The van der Waals surface area contributed by atoms with E-state index in [4.69, 9.17) is 10.2 Å². The van der Waals surface area contributed by atoms with E-state index in [1.807, 2.05) is 0 Å². The lowest BCUT2D eigenvalue weighted by molar-refractivity contribution is 0.350. The summed E-state index contributed by atoms with van der Waals surface area (Å²) in [5.41, 5.74) is 1.82. The highest BCUT2D eigenvalue weighted by Crippen LogP contribution is 2.16. The van der Waals surface area contributed by atoms with Gasteiger partial charge < -0.3 is 5.11 Å². The molecule has 6 heteroatoms. The fourth-order valence-corrected chi connectivity index (χ4v) is 1.69. The number of aliphatic hydroxyl groups is 1. The summed E-state index contributed by atoms with van der Waals surface area (Å²) in [5.74, 6) is 5.22. The molecule has 4 N–H and O–H groups in total. The number of hydrogen-bond acceptors (Lipinski definition) is 3. The first-order chi connectivity index (χ1) is 7.42. The van der Waals surface area contributed by atoms with Gasteiger partial charge in [0.2, 0.25) is 0 Å². The van der Waals surface area contributed by atoms with E-state index in [9.17, 15) is 8.42 Å². The standard InChI is InChI=1S/C10H12N2O3S/c1-8-7-9(3-2-6-13)4-5-10(8)12-16(11,14)15/h4-5,7,12-13H,6H2,1H3,(H2,11,14,15). The van der Waals surface area contributed by atoms with Gasteiger partial charge in [0.1, 0.15) is 6.61 Å². The van der Waals surface area contributed by atoms with E-state index < -0.39 is 10.2 Å². The van der Waals surface area contributed by atoms with Crippen LogP contribution in [0.4, 0.5) is 5.69 Å². The van der Waals surface area contributed by atoms with E-state index in [0.717, 1.165) is 0 Å². The highest BCUT2D eigenvalue weighted by Gasteiger charge is 2.04. The van der Waals surface area contributed by atoms with Crippen molar-refractivity contribution in [2.24, 2.45) is 5.14 Å². The Hall–Kier alpha value is -1.55. The van der Waals surface area contributed by atoms with Crippen molar-refractivity contribution < 1.29 is 13.5 Å². The third-order valence-electron chi connectivity index (χ3n) is 1.79. The topological polar surface area (TPSA) is 92.4 Å². The van der Waals surface area contributed by atoms with Crippen LogP contribution in [-0.2, 0) is 10.2 Å². The summed E-state index contributed by atoms with van der Waals surface area (Å²) in [6.45, 7) is 1.52. The maximum Gasteiger partial charge on any atom is 0.296 e. The predicted octanol–water partition coefficient (Wildman–Crippen LogP) is -0.0458. The van der Waals surface area contributed by atoms with Gasteiger partial charge in [0.15, 0.2) is 0 Å². The highest BCUT2D eigenvalue weighted by molar-refractivity contribution is 7.90. The predicted molar refractivity (Wildman–Crippen MR) is 61.9 cm³/mol. The molecule has 0 unspecified atom stereocenters. The number of benzene rings is 1. The molecule has 0 heterocycles. The zero-order chi connectivity index (χ0) is 12.2. The Morgan fingerprint density at radius 2 is 2.19 bits per heavy atom. The molecule has 0 saturated carbocycles. The molecule has 0 atom stereocenters. The number of rotatable bonds is 2. The van der Waals surface area contributed by atoms with Crippen LogP contribution in [0.1, 0.15) is 11.1 Å². The van der Waals surface area contributed by atoms with Gasteiger partial charge in [-0.2, -0.15) is 8.42 Å². The van der Waals surface area contributed by atoms with Crippen molar-refractivity contribution in [1.82, 2.24) is 0 Å². The smallest absolute Gasteiger partial charge is 0.296 e. The number of hydrogen-bond donors (Lipinski definition) is 3. The summed E-state index contributed by atoms with van der Waals surface area (Å²) in [7, 11) is -3.76. The Balaban J connectivity index is 3.01. The molecule has 0 saturated heterocycles. The SMILES string of the molecule is Cc1cc(C#CCO)ccc1NS(N)(=O)=O. The average Bonchev–Trinajstić information content (AvgIpc) is 2.17. The fraction of sp³-hybridized carbons (Fsp3) is 0.200. The van der Waals surface area contributed by atoms with Crippen molar-refractivity contribution in [1.29, 1.82) is 0 Å². The number of aryl methyl sites for hydroxylation is 1. The molecule has 0 aliphatic carbocycles. The maximum atomic E-state index is 10.8. The summed E-state index contributed by atoms with van der Waals surface area (Å²) in [6, 6.07) is 4.92. The minimum atomic E-state index is -3.76. The van der Waals surface area contributed by atoms with E-state index in [0.29, 0.717) is 16.8 Å². The summed E-state index contributed by atoms with van der Waals surface area (Å²) in [4.78, 5) is 0. The Labute approximate surface area is 94.5 Å². The van der Waals surface area contributed by atoms with Gasteiger partial charge in [0.05, 0.1) is 5.69 Å². The van der Waals surface area contributed by atoms with Crippen LogP contribution in [0.3, 0.4) is 0 Å². The minimum absolute atomic E-state index is 0.212. The molecular formula is C10H12N2O3S. The van der Waals surface area contributed by atoms with E-state index in [1.54, 1.807) is 25.1 Å². The summed E-state index contributed by atoms with van der Waals surface area (Å²) < 4.78 is 23.8. The van der Waals surface area contributed by atoms with E-state index >= 15 is 0 Å². The lowest BCUT2D eigenvalue weighted by Crippen LogP contribution is -2.22. The van der Waals surface area contributed by atoms with Crippen molar-refractivity contribution in [2.75, 3.05) is 11.3 Å². The fourth-order valence-electron chi connectivity index (χ4n) is 1.15. The molecule has 1 aromatic rings. The van der Waals surface area contributed by atoms with Gasteiger partial charge in [-0.05, 0) is 30.7 Å². The Morgan fingerprint density at radius 3 is 2.69 bits per heavy atom. The van der Waals surface area contributed by atoms with E-state index in [-0.39, 0.29) is 6.61 Å². The molecular weight excluding hydrogens is 228 g/mol. The summed E-state index contributed by atoms with van der Waals surface area (Å²) in [6.07, 6.45) is 0. The number of anilines is 1. The van der Waals surface area contributed by atoms with Crippen LogP contribution in [0.2, 0.25) is 0 Å². The molecule has 86 valence electrons.